The van der Waals surface area contributed by atoms with Gasteiger partial charge in [-0.15, -0.1) is 0 Å². The zero-order chi connectivity index (χ0) is 11.8. The lowest BCUT2D eigenvalue weighted by molar-refractivity contribution is 0.295. The highest BCUT2D eigenvalue weighted by Crippen LogP contribution is 2.36. The minimum Gasteiger partial charge on any atom is -0.316 e. The van der Waals surface area contributed by atoms with Gasteiger partial charge in [-0.05, 0) is 50.1 Å². The summed E-state index contributed by atoms with van der Waals surface area (Å²) >= 11 is 0. The van der Waals surface area contributed by atoms with Gasteiger partial charge in [0.25, 0.3) is 0 Å². The van der Waals surface area contributed by atoms with Gasteiger partial charge >= 0.3 is 0 Å². The quantitative estimate of drug-likeness (QED) is 0.610. The molecule has 1 N–H and O–H groups in total. The lowest BCUT2D eigenvalue weighted by atomic mass is 9.86. The van der Waals surface area contributed by atoms with Crippen LogP contribution in [0.4, 0.5) is 0 Å². The first-order valence-corrected chi connectivity index (χ1v) is 7.48. The molecule has 0 aliphatic heterocycles. The summed E-state index contributed by atoms with van der Waals surface area (Å²) in [7, 11) is 0. The largest absolute Gasteiger partial charge is 0.316 e. The predicted molar refractivity (Wildman–Crippen MR) is 72.7 cm³/mol. The Balaban J connectivity index is 2.22. The summed E-state index contributed by atoms with van der Waals surface area (Å²) in [5, 5.41) is 3.61. The molecular weight excluding hydrogens is 194 g/mol. The lowest BCUT2D eigenvalue weighted by Gasteiger charge is -2.23. The van der Waals surface area contributed by atoms with Crippen LogP contribution in [0.3, 0.4) is 0 Å². The number of rotatable bonds is 8. The van der Waals surface area contributed by atoms with Gasteiger partial charge in [0.2, 0.25) is 0 Å². The fourth-order valence-electron chi connectivity index (χ4n) is 3.28. The van der Waals surface area contributed by atoms with E-state index in [2.05, 4.69) is 26.1 Å². The third-order valence-electron chi connectivity index (χ3n) is 4.14. The van der Waals surface area contributed by atoms with Crippen LogP contribution in [-0.2, 0) is 0 Å². The molecule has 0 aromatic heterocycles. The van der Waals surface area contributed by atoms with Gasteiger partial charge in [0.1, 0.15) is 0 Å². The average molecular weight is 225 g/mol. The smallest absolute Gasteiger partial charge is 0.00179 e. The Morgan fingerprint density at radius 2 is 1.88 bits per heavy atom. The molecule has 96 valence electrons. The molecule has 0 bridgehead atoms. The molecule has 1 aliphatic rings. The van der Waals surface area contributed by atoms with Crippen molar-refractivity contribution in [2.24, 2.45) is 17.8 Å². The van der Waals surface area contributed by atoms with Crippen molar-refractivity contribution in [1.29, 1.82) is 0 Å². The van der Waals surface area contributed by atoms with Crippen LogP contribution in [0.25, 0.3) is 0 Å². The molecule has 3 unspecified atom stereocenters. The lowest BCUT2D eigenvalue weighted by Crippen LogP contribution is -2.26. The van der Waals surface area contributed by atoms with E-state index in [1.165, 1.54) is 58.0 Å². The van der Waals surface area contributed by atoms with E-state index in [9.17, 15) is 0 Å². The first-order chi connectivity index (χ1) is 7.77. The van der Waals surface area contributed by atoms with Gasteiger partial charge in [0.05, 0.1) is 0 Å². The Kier molecular flexibility index (Phi) is 7.11. The summed E-state index contributed by atoms with van der Waals surface area (Å²) in [5.41, 5.74) is 0. The Morgan fingerprint density at radius 3 is 2.56 bits per heavy atom. The minimum absolute atomic E-state index is 0.946. The third kappa shape index (κ3) is 4.86. The maximum Gasteiger partial charge on any atom is -0.00179 e. The molecule has 1 rings (SSSR count). The van der Waals surface area contributed by atoms with E-state index in [4.69, 9.17) is 0 Å². The van der Waals surface area contributed by atoms with E-state index >= 15 is 0 Å². The summed E-state index contributed by atoms with van der Waals surface area (Å²) in [6.07, 6.45) is 9.96. The van der Waals surface area contributed by atoms with Crippen molar-refractivity contribution in [3.63, 3.8) is 0 Å². The maximum absolute atomic E-state index is 3.61. The van der Waals surface area contributed by atoms with Crippen LogP contribution in [0.1, 0.15) is 65.7 Å². The van der Waals surface area contributed by atoms with Crippen molar-refractivity contribution in [2.45, 2.75) is 65.7 Å². The summed E-state index contributed by atoms with van der Waals surface area (Å²) in [5.74, 6) is 2.94. The monoisotopic (exact) mass is 225 g/mol. The Morgan fingerprint density at radius 1 is 1.12 bits per heavy atom. The minimum atomic E-state index is 0.946. The Hall–Kier alpha value is -0.0400. The van der Waals surface area contributed by atoms with Crippen LogP contribution in [-0.4, -0.2) is 13.1 Å². The van der Waals surface area contributed by atoms with E-state index in [0.717, 1.165) is 17.8 Å². The molecule has 0 aromatic carbocycles. The molecule has 1 nitrogen and oxygen atoms in total. The topological polar surface area (TPSA) is 12.0 Å². The van der Waals surface area contributed by atoms with Crippen molar-refractivity contribution in [1.82, 2.24) is 5.32 Å². The number of hydrogen-bond acceptors (Lipinski definition) is 1. The molecule has 16 heavy (non-hydrogen) atoms. The highest BCUT2D eigenvalue weighted by atomic mass is 14.9. The van der Waals surface area contributed by atoms with Crippen LogP contribution in [0.15, 0.2) is 0 Å². The zero-order valence-electron chi connectivity index (χ0n) is 11.6. The van der Waals surface area contributed by atoms with Gasteiger partial charge in [-0.3, -0.25) is 0 Å². The van der Waals surface area contributed by atoms with Gasteiger partial charge in [0.15, 0.2) is 0 Å². The van der Waals surface area contributed by atoms with Crippen molar-refractivity contribution >= 4 is 0 Å². The molecule has 0 spiro atoms. The van der Waals surface area contributed by atoms with Crippen molar-refractivity contribution in [3.8, 4) is 0 Å². The van der Waals surface area contributed by atoms with Crippen LogP contribution in [0.2, 0.25) is 0 Å². The fourth-order valence-corrected chi connectivity index (χ4v) is 3.28. The molecule has 0 saturated heterocycles. The van der Waals surface area contributed by atoms with E-state index in [1.54, 1.807) is 0 Å². The SMILES string of the molecule is CCCNCC1CCCC1CC(C)CCC. The van der Waals surface area contributed by atoms with Crippen LogP contribution in [0, 0.1) is 17.8 Å². The first kappa shape index (κ1) is 14.0. The molecule has 3 atom stereocenters. The van der Waals surface area contributed by atoms with Gasteiger partial charge in [-0.1, -0.05) is 46.5 Å². The molecule has 0 radical (unpaired) electrons. The van der Waals surface area contributed by atoms with Gasteiger partial charge in [-0.2, -0.15) is 0 Å². The molecular formula is C15H31N. The fraction of sp³-hybridized carbons (Fsp3) is 1.00. The molecule has 0 amide bonds. The number of hydrogen-bond donors (Lipinski definition) is 1. The number of nitrogens with one attached hydrogen (secondary N) is 1. The molecule has 1 fully saturated rings. The van der Waals surface area contributed by atoms with Gasteiger partial charge < -0.3 is 5.32 Å². The second-order valence-corrected chi connectivity index (χ2v) is 5.78. The highest BCUT2D eigenvalue weighted by molar-refractivity contribution is 4.80. The third-order valence-corrected chi connectivity index (χ3v) is 4.14. The van der Waals surface area contributed by atoms with Crippen LogP contribution < -0.4 is 5.32 Å². The molecule has 1 heteroatoms. The second-order valence-electron chi connectivity index (χ2n) is 5.78. The molecule has 0 heterocycles. The maximum atomic E-state index is 3.61. The van der Waals surface area contributed by atoms with E-state index in [0.29, 0.717) is 0 Å². The van der Waals surface area contributed by atoms with Crippen LogP contribution in [0.5, 0.6) is 0 Å². The highest BCUT2D eigenvalue weighted by Gasteiger charge is 2.27. The summed E-state index contributed by atoms with van der Waals surface area (Å²) in [6.45, 7) is 9.48. The average Bonchev–Trinajstić information content (AvgIpc) is 2.66. The van der Waals surface area contributed by atoms with Crippen molar-refractivity contribution in [2.75, 3.05) is 13.1 Å². The standard InChI is InChI=1S/C15H31N/c1-4-7-13(3)11-14-8-6-9-15(14)12-16-10-5-2/h13-16H,4-12H2,1-3H3. The molecule has 1 aliphatic carbocycles. The van der Waals surface area contributed by atoms with E-state index < -0.39 is 0 Å². The summed E-state index contributed by atoms with van der Waals surface area (Å²) in [6, 6.07) is 0. The zero-order valence-corrected chi connectivity index (χ0v) is 11.6. The predicted octanol–water partition coefficient (Wildman–Crippen LogP) is 4.23. The van der Waals surface area contributed by atoms with Gasteiger partial charge in [0, 0.05) is 0 Å². The van der Waals surface area contributed by atoms with Crippen molar-refractivity contribution < 1.29 is 0 Å². The second kappa shape index (κ2) is 8.11. The Labute approximate surface area is 102 Å². The molecule has 1 saturated carbocycles. The Bertz CT molecular complexity index is 167. The molecule has 0 aromatic rings. The first-order valence-electron chi connectivity index (χ1n) is 7.48. The van der Waals surface area contributed by atoms with Crippen molar-refractivity contribution in [3.05, 3.63) is 0 Å². The van der Waals surface area contributed by atoms with Crippen LogP contribution >= 0.6 is 0 Å². The van der Waals surface area contributed by atoms with E-state index in [1.807, 2.05) is 0 Å². The summed E-state index contributed by atoms with van der Waals surface area (Å²) in [4.78, 5) is 0. The summed E-state index contributed by atoms with van der Waals surface area (Å²) < 4.78 is 0. The van der Waals surface area contributed by atoms with Gasteiger partial charge in [-0.25, -0.2) is 0 Å². The normalized spacial score (nSPS) is 27.2. The van der Waals surface area contributed by atoms with E-state index in [-0.39, 0.29) is 0 Å².